The van der Waals surface area contributed by atoms with Crippen LogP contribution in [0.4, 0.5) is 5.82 Å². The third-order valence-corrected chi connectivity index (χ3v) is 2.39. The summed E-state index contributed by atoms with van der Waals surface area (Å²) in [4.78, 5) is 19.2. The molecule has 1 aliphatic rings. The Morgan fingerprint density at radius 1 is 1.60 bits per heavy atom. The van der Waals surface area contributed by atoms with Gasteiger partial charge in [0.1, 0.15) is 17.3 Å². The van der Waals surface area contributed by atoms with Crippen molar-refractivity contribution in [3.05, 3.63) is 17.5 Å². The Labute approximate surface area is 91.8 Å². The van der Waals surface area contributed by atoms with Crippen molar-refractivity contribution in [3.63, 3.8) is 0 Å². The van der Waals surface area contributed by atoms with Gasteiger partial charge in [-0.2, -0.15) is 0 Å². The molecular formula is C9H10ClN3O2. The minimum absolute atomic E-state index is 0.0812. The van der Waals surface area contributed by atoms with Gasteiger partial charge in [-0.3, -0.25) is 4.79 Å². The molecule has 0 aliphatic carbocycles. The maximum absolute atomic E-state index is 11.6. The first-order valence-corrected chi connectivity index (χ1v) is 4.99. The van der Waals surface area contributed by atoms with Crippen LogP contribution in [-0.2, 0) is 9.53 Å². The summed E-state index contributed by atoms with van der Waals surface area (Å²) in [7, 11) is 0. The molecule has 1 aliphatic heterocycles. The predicted molar refractivity (Wildman–Crippen MR) is 54.6 cm³/mol. The molecule has 1 saturated heterocycles. The van der Waals surface area contributed by atoms with E-state index >= 15 is 0 Å². The van der Waals surface area contributed by atoms with Gasteiger partial charge in [-0.15, -0.1) is 0 Å². The highest BCUT2D eigenvalue weighted by Gasteiger charge is 2.23. The molecule has 1 aromatic heterocycles. The lowest BCUT2D eigenvalue weighted by Crippen LogP contribution is -2.23. The fraction of sp³-hybridized carbons (Fsp3) is 0.444. The van der Waals surface area contributed by atoms with Crippen molar-refractivity contribution in [2.45, 2.75) is 6.42 Å². The Kier molecular flexibility index (Phi) is 3.13. The highest BCUT2D eigenvalue weighted by atomic mass is 35.5. The van der Waals surface area contributed by atoms with Gasteiger partial charge in [0, 0.05) is 12.7 Å². The van der Waals surface area contributed by atoms with Crippen molar-refractivity contribution in [1.29, 1.82) is 0 Å². The summed E-state index contributed by atoms with van der Waals surface area (Å²) in [6.07, 6.45) is 2.06. The van der Waals surface area contributed by atoms with Crippen LogP contribution in [0.2, 0.25) is 5.15 Å². The van der Waals surface area contributed by atoms with Gasteiger partial charge >= 0.3 is 0 Å². The number of halogens is 1. The lowest BCUT2D eigenvalue weighted by atomic mass is 10.1. The molecule has 0 saturated carbocycles. The topological polar surface area (TPSA) is 64.1 Å². The Balaban J connectivity index is 1.99. The van der Waals surface area contributed by atoms with Crippen LogP contribution in [0.5, 0.6) is 0 Å². The van der Waals surface area contributed by atoms with Crippen molar-refractivity contribution in [3.8, 4) is 0 Å². The maximum Gasteiger partial charge on any atom is 0.231 e. The molecule has 0 bridgehead atoms. The molecular weight excluding hydrogens is 218 g/mol. The number of carbonyl (C=O) groups excluding carboxylic acids is 1. The molecule has 2 rings (SSSR count). The predicted octanol–water partition coefficient (Wildman–Crippen LogP) is 1.10. The van der Waals surface area contributed by atoms with Crippen LogP contribution in [0.25, 0.3) is 0 Å². The van der Waals surface area contributed by atoms with Crippen molar-refractivity contribution in [1.82, 2.24) is 9.97 Å². The lowest BCUT2D eigenvalue weighted by Gasteiger charge is -2.07. The van der Waals surface area contributed by atoms with Gasteiger partial charge in [0.05, 0.1) is 12.5 Å². The molecule has 1 atom stereocenters. The zero-order valence-corrected chi connectivity index (χ0v) is 8.70. The largest absolute Gasteiger partial charge is 0.381 e. The van der Waals surface area contributed by atoms with Gasteiger partial charge in [0.15, 0.2) is 0 Å². The van der Waals surface area contributed by atoms with E-state index in [1.807, 2.05) is 0 Å². The van der Waals surface area contributed by atoms with E-state index in [1.54, 1.807) is 0 Å². The number of nitrogens with zero attached hydrogens (tertiary/aromatic N) is 2. The van der Waals surface area contributed by atoms with Gasteiger partial charge < -0.3 is 10.1 Å². The molecule has 1 amide bonds. The average Bonchev–Trinajstić information content (AvgIpc) is 2.70. The lowest BCUT2D eigenvalue weighted by molar-refractivity contribution is -0.119. The zero-order chi connectivity index (χ0) is 10.7. The zero-order valence-electron chi connectivity index (χ0n) is 7.94. The van der Waals surface area contributed by atoms with Crippen LogP contribution in [0.3, 0.4) is 0 Å². The van der Waals surface area contributed by atoms with E-state index in [0.29, 0.717) is 24.2 Å². The summed E-state index contributed by atoms with van der Waals surface area (Å²) in [5, 5.41) is 2.98. The normalized spacial score (nSPS) is 20.2. The molecule has 0 spiro atoms. The molecule has 6 heteroatoms. The second-order valence-electron chi connectivity index (χ2n) is 3.28. The molecule has 1 N–H and O–H groups in total. The average molecular weight is 228 g/mol. The van der Waals surface area contributed by atoms with Crippen molar-refractivity contribution < 1.29 is 9.53 Å². The number of ether oxygens (including phenoxy) is 1. The van der Waals surface area contributed by atoms with E-state index in [0.717, 1.165) is 6.42 Å². The van der Waals surface area contributed by atoms with Crippen LogP contribution in [0.1, 0.15) is 6.42 Å². The smallest absolute Gasteiger partial charge is 0.231 e. The van der Waals surface area contributed by atoms with E-state index in [9.17, 15) is 4.79 Å². The standard InChI is InChI=1S/C9H10ClN3O2/c10-7-3-8(12-5-11-7)13-9(14)6-1-2-15-4-6/h3,5-6H,1-2,4H2,(H,11,12,13,14). The fourth-order valence-electron chi connectivity index (χ4n) is 1.37. The van der Waals surface area contributed by atoms with E-state index in [4.69, 9.17) is 16.3 Å². The Morgan fingerprint density at radius 2 is 2.47 bits per heavy atom. The Bertz CT molecular complexity index is 366. The summed E-state index contributed by atoms with van der Waals surface area (Å²) < 4.78 is 5.12. The molecule has 1 aromatic rings. The number of aromatic nitrogens is 2. The highest BCUT2D eigenvalue weighted by molar-refractivity contribution is 6.29. The maximum atomic E-state index is 11.6. The van der Waals surface area contributed by atoms with Crippen LogP contribution in [0.15, 0.2) is 12.4 Å². The molecule has 1 unspecified atom stereocenters. The number of anilines is 1. The van der Waals surface area contributed by atoms with Crippen LogP contribution in [-0.4, -0.2) is 29.1 Å². The van der Waals surface area contributed by atoms with Crippen molar-refractivity contribution >= 4 is 23.3 Å². The van der Waals surface area contributed by atoms with Gasteiger partial charge in [-0.1, -0.05) is 11.6 Å². The first-order chi connectivity index (χ1) is 7.25. The van der Waals surface area contributed by atoms with Crippen molar-refractivity contribution in [2.75, 3.05) is 18.5 Å². The molecule has 80 valence electrons. The second-order valence-corrected chi connectivity index (χ2v) is 3.66. The van der Waals surface area contributed by atoms with Gasteiger partial charge in [-0.05, 0) is 6.42 Å². The fourth-order valence-corrected chi connectivity index (χ4v) is 1.52. The third kappa shape index (κ3) is 2.64. The minimum Gasteiger partial charge on any atom is -0.381 e. The molecule has 5 nitrogen and oxygen atoms in total. The van der Waals surface area contributed by atoms with Gasteiger partial charge in [0.25, 0.3) is 0 Å². The second kappa shape index (κ2) is 4.55. The summed E-state index contributed by atoms with van der Waals surface area (Å²) in [6, 6.07) is 1.51. The number of rotatable bonds is 2. The van der Waals surface area contributed by atoms with E-state index in [2.05, 4.69) is 15.3 Å². The molecule has 0 aromatic carbocycles. The first-order valence-electron chi connectivity index (χ1n) is 4.62. The summed E-state index contributed by atoms with van der Waals surface area (Å²) >= 11 is 5.66. The SMILES string of the molecule is O=C(Nc1cc(Cl)ncn1)C1CCOC1. The number of amides is 1. The number of carbonyl (C=O) groups is 1. The number of hydrogen-bond donors (Lipinski definition) is 1. The Hall–Kier alpha value is -1.20. The van der Waals surface area contributed by atoms with E-state index < -0.39 is 0 Å². The van der Waals surface area contributed by atoms with Gasteiger partial charge in [-0.25, -0.2) is 9.97 Å². The Morgan fingerprint density at radius 3 is 3.13 bits per heavy atom. The van der Waals surface area contributed by atoms with Crippen LogP contribution < -0.4 is 5.32 Å². The van der Waals surface area contributed by atoms with Gasteiger partial charge in [0.2, 0.25) is 5.91 Å². The molecule has 2 heterocycles. The molecule has 1 fully saturated rings. The summed E-state index contributed by atoms with van der Waals surface area (Å²) in [5.74, 6) is 0.257. The molecule has 0 radical (unpaired) electrons. The minimum atomic E-state index is -0.0845. The summed E-state index contributed by atoms with van der Waals surface area (Å²) in [6.45, 7) is 1.12. The van der Waals surface area contributed by atoms with Crippen molar-refractivity contribution in [2.24, 2.45) is 5.92 Å². The quantitative estimate of drug-likeness (QED) is 0.769. The summed E-state index contributed by atoms with van der Waals surface area (Å²) in [5.41, 5.74) is 0. The molecule has 15 heavy (non-hydrogen) atoms. The first kappa shape index (κ1) is 10.3. The van der Waals surface area contributed by atoms with Crippen LogP contribution in [0, 0.1) is 5.92 Å². The monoisotopic (exact) mass is 227 g/mol. The number of nitrogens with one attached hydrogen (secondary N) is 1. The highest BCUT2D eigenvalue weighted by Crippen LogP contribution is 2.15. The third-order valence-electron chi connectivity index (χ3n) is 2.19. The van der Waals surface area contributed by atoms with E-state index in [-0.39, 0.29) is 11.8 Å². The number of hydrogen-bond acceptors (Lipinski definition) is 4. The van der Waals surface area contributed by atoms with E-state index in [1.165, 1.54) is 12.4 Å². The van der Waals surface area contributed by atoms with Crippen LogP contribution >= 0.6 is 11.6 Å².